The zero-order valence-electron chi connectivity index (χ0n) is 13.2. The minimum atomic E-state index is -1.07. The van der Waals surface area contributed by atoms with E-state index in [9.17, 15) is 9.18 Å². The quantitative estimate of drug-likeness (QED) is 0.713. The number of hydrogen-bond donors (Lipinski definition) is 1. The van der Waals surface area contributed by atoms with Gasteiger partial charge in [0.05, 0.1) is 7.11 Å². The lowest BCUT2D eigenvalue weighted by Gasteiger charge is -2.12. The summed E-state index contributed by atoms with van der Waals surface area (Å²) in [6.45, 7) is 0.248. The number of halogens is 1. The molecule has 1 aromatic heterocycles. The number of carbonyl (C=O) groups is 1. The first-order valence-electron chi connectivity index (χ1n) is 7.31. The van der Waals surface area contributed by atoms with Crippen LogP contribution in [0.25, 0.3) is 10.6 Å². The molecule has 0 amide bonds. The minimum Gasteiger partial charge on any atom is -0.493 e. The van der Waals surface area contributed by atoms with Crippen LogP contribution in [0.2, 0.25) is 0 Å². The molecule has 5 nitrogen and oxygen atoms in total. The van der Waals surface area contributed by atoms with Crippen LogP contribution in [0.1, 0.15) is 16.1 Å². The zero-order valence-corrected chi connectivity index (χ0v) is 14.0. The highest BCUT2D eigenvalue weighted by Crippen LogP contribution is 2.34. The Morgan fingerprint density at radius 2 is 1.96 bits per heavy atom. The third kappa shape index (κ3) is 3.95. The van der Waals surface area contributed by atoms with E-state index in [-0.39, 0.29) is 18.1 Å². The third-order valence-electron chi connectivity index (χ3n) is 3.44. The second kappa shape index (κ2) is 7.31. The zero-order chi connectivity index (χ0) is 17.8. The van der Waals surface area contributed by atoms with Gasteiger partial charge in [0.1, 0.15) is 17.4 Å². The van der Waals surface area contributed by atoms with Gasteiger partial charge in [0, 0.05) is 10.9 Å². The van der Waals surface area contributed by atoms with E-state index in [1.165, 1.54) is 36.0 Å². The molecule has 1 heterocycles. The van der Waals surface area contributed by atoms with Crippen molar-refractivity contribution < 1.29 is 23.8 Å². The molecule has 25 heavy (non-hydrogen) atoms. The summed E-state index contributed by atoms with van der Waals surface area (Å²) in [5.74, 6) is -0.331. The van der Waals surface area contributed by atoms with Crippen molar-refractivity contribution >= 4 is 17.3 Å². The van der Waals surface area contributed by atoms with E-state index in [1.54, 1.807) is 30.3 Å². The van der Waals surface area contributed by atoms with Crippen LogP contribution in [-0.2, 0) is 6.61 Å². The summed E-state index contributed by atoms with van der Waals surface area (Å²) < 4.78 is 24.0. The number of carboxylic acid groups (broad SMARTS) is 1. The van der Waals surface area contributed by atoms with Crippen LogP contribution in [0, 0.1) is 5.82 Å². The predicted molar refractivity (Wildman–Crippen MR) is 91.8 cm³/mol. The number of hydrogen-bond acceptors (Lipinski definition) is 5. The van der Waals surface area contributed by atoms with Crippen LogP contribution in [-0.4, -0.2) is 23.2 Å². The Kier molecular flexibility index (Phi) is 4.95. The van der Waals surface area contributed by atoms with Gasteiger partial charge in [-0.25, -0.2) is 14.2 Å². The van der Waals surface area contributed by atoms with Gasteiger partial charge in [0.15, 0.2) is 17.2 Å². The maximum atomic E-state index is 13.0. The van der Waals surface area contributed by atoms with Crippen molar-refractivity contribution in [3.05, 3.63) is 64.9 Å². The molecule has 2 aromatic carbocycles. The van der Waals surface area contributed by atoms with E-state index in [2.05, 4.69) is 4.98 Å². The number of methoxy groups -OCH3 is 1. The van der Waals surface area contributed by atoms with E-state index < -0.39 is 5.97 Å². The fraction of sp³-hybridized carbons (Fsp3) is 0.111. The van der Waals surface area contributed by atoms with Gasteiger partial charge in [-0.15, -0.1) is 11.3 Å². The summed E-state index contributed by atoms with van der Waals surface area (Å²) >= 11 is 1.24. The molecule has 0 aliphatic carbocycles. The number of ether oxygens (including phenoxy) is 2. The maximum absolute atomic E-state index is 13.0. The van der Waals surface area contributed by atoms with Crippen molar-refractivity contribution in [2.45, 2.75) is 6.61 Å². The third-order valence-corrected chi connectivity index (χ3v) is 4.33. The van der Waals surface area contributed by atoms with E-state index in [0.29, 0.717) is 16.5 Å². The molecule has 0 aliphatic heterocycles. The summed E-state index contributed by atoms with van der Waals surface area (Å²) in [7, 11) is 1.53. The molecule has 0 saturated carbocycles. The largest absolute Gasteiger partial charge is 0.493 e. The van der Waals surface area contributed by atoms with Crippen LogP contribution in [0.3, 0.4) is 0 Å². The van der Waals surface area contributed by atoms with Gasteiger partial charge in [-0.3, -0.25) is 0 Å². The van der Waals surface area contributed by atoms with Crippen molar-refractivity contribution in [3.63, 3.8) is 0 Å². The molecule has 0 spiro atoms. The Labute approximate surface area is 147 Å². The summed E-state index contributed by atoms with van der Waals surface area (Å²) in [5, 5.41) is 11.0. The van der Waals surface area contributed by atoms with Gasteiger partial charge in [0.2, 0.25) is 0 Å². The molecule has 3 rings (SSSR count). The van der Waals surface area contributed by atoms with Crippen molar-refractivity contribution in [3.8, 4) is 22.1 Å². The molecule has 0 aliphatic rings. The maximum Gasteiger partial charge on any atom is 0.355 e. The molecule has 128 valence electrons. The highest BCUT2D eigenvalue weighted by Gasteiger charge is 2.13. The standard InChI is InChI=1S/C18H14FNO4S/c1-23-15-7-4-12(17-20-14(10-25-17)18(21)22)8-16(15)24-9-11-2-5-13(19)6-3-11/h2-8,10H,9H2,1H3,(H,21,22). The predicted octanol–water partition coefficient (Wildman–Crippen LogP) is 4.24. The monoisotopic (exact) mass is 359 g/mol. The number of nitrogens with zero attached hydrogens (tertiary/aromatic N) is 1. The summed E-state index contributed by atoms with van der Waals surface area (Å²) in [4.78, 5) is 15.1. The van der Waals surface area contributed by atoms with E-state index in [1.807, 2.05) is 0 Å². The number of aromatic carboxylic acids is 1. The topological polar surface area (TPSA) is 68.7 Å². The van der Waals surface area contributed by atoms with Crippen molar-refractivity contribution in [2.24, 2.45) is 0 Å². The first kappa shape index (κ1) is 16.9. The molecule has 0 saturated heterocycles. The van der Waals surface area contributed by atoms with Gasteiger partial charge >= 0.3 is 5.97 Å². The summed E-state index contributed by atoms with van der Waals surface area (Å²) in [6.07, 6.45) is 0. The highest BCUT2D eigenvalue weighted by atomic mass is 32.1. The van der Waals surface area contributed by atoms with Gasteiger partial charge in [-0.2, -0.15) is 0 Å². The van der Waals surface area contributed by atoms with Gasteiger partial charge < -0.3 is 14.6 Å². The average Bonchev–Trinajstić information content (AvgIpc) is 3.11. The molecule has 0 atom stereocenters. The SMILES string of the molecule is COc1ccc(-c2nc(C(=O)O)cs2)cc1OCc1ccc(F)cc1. The normalized spacial score (nSPS) is 10.5. The Hall–Kier alpha value is -2.93. The Morgan fingerprint density at radius 1 is 1.20 bits per heavy atom. The molecule has 0 radical (unpaired) electrons. The van der Waals surface area contributed by atoms with E-state index in [0.717, 1.165) is 11.1 Å². The number of thiazole rings is 1. The molecule has 0 unspecified atom stereocenters. The summed E-state index contributed by atoms with van der Waals surface area (Å²) in [6, 6.07) is 11.3. The minimum absolute atomic E-state index is 0.00426. The van der Waals surface area contributed by atoms with E-state index >= 15 is 0 Å². The highest BCUT2D eigenvalue weighted by molar-refractivity contribution is 7.13. The fourth-order valence-corrected chi connectivity index (χ4v) is 2.96. The Morgan fingerprint density at radius 3 is 2.60 bits per heavy atom. The number of benzene rings is 2. The first-order chi connectivity index (χ1) is 12.1. The van der Waals surface area contributed by atoms with Gasteiger partial charge in [-0.05, 0) is 35.9 Å². The lowest BCUT2D eigenvalue weighted by Crippen LogP contribution is -1.98. The smallest absolute Gasteiger partial charge is 0.355 e. The van der Waals surface area contributed by atoms with Gasteiger partial charge in [0.25, 0.3) is 0 Å². The molecular formula is C18H14FNO4S. The van der Waals surface area contributed by atoms with Crippen LogP contribution in [0.5, 0.6) is 11.5 Å². The fourth-order valence-electron chi connectivity index (χ4n) is 2.17. The number of carboxylic acids is 1. The molecular weight excluding hydrogens is 345 g/mol. The number of aromatic nitrogens is 1. The van der Waals surface area contributed by atoms with Gasteiger partial charge in [-0.1, -0.05) is 12.1 Å². The molecule has 7 heteroatoms. The molecule has 0 fully saturated rings. The van der Waals surface area contributed by atoms with Crippen LogP contribution >= 0.6 is 11.3 Å². The molecule has 0 bridgehead atoms. The van der Waals surface area contributed by atoms with Crippen LogP contribution in [0.4, 0.5) is 4.39 Å². The Bertz CT molecular complexity index is 892. The van der Waals surface area contributed by atoms with Crippen molar-refractivity contribution in [2.75, 3.05) is 7.11 Å². The second-order valence-electron chi connectivity index (χ2n) is 5.12. The lowest BCUT2D eigenvalue weighted by molar-refractivity contribution is 0.0691. The second-order valence-corrected chi connectivity index (χ2v) is 5.98. The Balaban J connectivity index is 1.84. The number of rotatable bonds is 6. The average molecular weight is 359 g/mol. The lowest BCUT2D eigenvalue weighted by atomic mass is 10.2. The molecule has 3 aromatic rings. The van der Waals surface area contributed by atoms with E-state index in [4.69, 9.17) is 14.6 Å². The van der Waals surface area contributed by atoms with Crippen molar-refractivity contribution in [1.82, 2.24) is 4.98 Å². The first-order valence-corrected chi connectivity index (χ1v) is 8.19. The van der Waals surface area contributed by atoms with Crippen LogP contribution < -0.4 is 9.47 Å². The van der Waals surface area contributed by atoms with Crippen molar-refractivity contribution in [1.29, 1.82) is 0 Å². The molecule has 1 N–H and O–H groups in total. The summed E-state index contributed by atoms with van der Waals surface area (Å²) in [5.41, 5.74) is 1.55. The van der Waals surface area contributed by atoms with Crippen LogP contribution in [0.15, 0.2) is 47.8 Å².